The molecule has 0 unspecified atom stereocenters. The minimum atomic E-state index is 0. The SMILES string of the molecule is [HH].[HH].[HH].[HH].[HH].c1ccc(-c2cc(-c3ccccc3)c3ccc4c(-c5ccccc5)cc(-c5ccccc5)c5ccc2c3c54)cc1. The van der Waals surface area contributed by atoms with Crippen molar-refractivity contribution < 1.29 is 7.13 Å². The first kappa shape index (κ1) is 22.8. The van der Waals surface area contributed by atoms with Gasteiger partial charge >= 0.3 is 0 Å². The molecule has 0 spiro atoms. The summed E-state index contributed by atoms with van der Waals surface area (Å²) in [6.07, 6.45) is 0. The van der Waals surface area contributed by atoms with E-state index in [2.05, 4.69) is 158 Å². The largest absolute Gasteiger partial charge is 0.0622 e. The average molecular weight is 517 g/mol. The van der Waals surface area contributed by atoms with E-state index in [0.29, 0.717) is 0 Å². The predicted octanol–water partition coefficient (Wildman–Crippen LogP) is 12.5. The second-order valence-electron chi connectivity index (χ2n) is 10.5. The first-order valence-corrected chi connectivity index (χ1v) is 13.9. The topological polar surface area (TPSA) is 0 Å². The van der Waals surface area contributed by atoms with Gasteiger partial charge in [-0.2, -0.15) is 0 Å². The Morgan fingerprint density at radius 3 is 0.700 bits per heavy atom. The molecule has 8 aromatic carbocycles. The Hall–Kier alpha value is -5.20. The fourth-order valence-electron chi connectivity index (χ4n) is 6.42. The number of hydrogen-bond donors (Lipinski definition) is 0. The summed E-state index contributed by atoms with van der Waals surface area (Å²) in [7, 11) is 0. The third kappa shape index (κ3) is 3.54. The first-order valence-electron chi connectivity index (χ1n) is 13.9. The van der Waals surface area contributed by atoms with E-state index in [1.54, 1.807) is 0 Å². The maximum atomic E-state index is 2.39. The van der Waals surface area contributed by atoms with Crippen LogP contribution in [0.1, 0.15) is 7.13 Å². The highest BCUT2D eigenvalue weighted by atomic mass is 14.2. The molecule has 40 heavy (non-hydrogen) atoms. The van der Waals surface area contributed by atoms with Crippen LogP contribution in [0.3, 0.4) is 0 Å². The zero-order valence-electron chi connectivity index (χ0n) is 22.0. The minimum absolute atomic E-state index is 0. The summed E-state index contributed by atoms with van der Waals surface area (Å²) in [5.41, 5.74) is 10.0. The third-order valence-electron chi connectivity index (χ3n) is 8.24. The van der Waals surface area contributed by atoms with Gasteiger partial charge in [0.15, 0.2) is 0 Å². The van der Waals surface area contributed by atoms with Crippen LogP contribution in [0, 0.1) is 0 Å². The van der Waals surface area contributed by atoms with Gasteiger partial charge in [-0.05, 0) is 89.0 Å². The van der Waals surface area contributed by atoms with Gasteiger partial charge in [-0.15, -0.1) is 0 Å². The second kappa shape index (κ2) is 9.22. The lowest BCUT2D eigenvalue weighted by Crippen LogP contribution is -1.94. The summed E-state index contributed by atoms with van der Waals surface area (Å²) >= 11 is 0. The van der Waals surface area contributed by atoms with Crippen LogP contribution in [0.5, 0.6) is 0 Å². The maximum Gasteiger partial charge on any atom is 0 e. The Balaban J connectivity index is 0.00000110. The molecular formula is C40H36. The zero-order chi connectivity index (χ0) is 26.5. The van der Waals surface area contributed by atoms with Crippen molar-refractivity contribution in [2.75, 3.05) is 0 Å². The lowest BCUT2D eigenvalue weighted by Gasteiger charge is -2.21. The van der Waals surface area contributed by atoms with Crippen LogP contribution in [-0.4, -0.2) is 0 Å². The lowest BCUT2D eigenvalue weighted by atomic mass is 9.82. The van der Waals surface area contributed by atoms with Crippen molar-refractivity contribution in [2.24, 2.45) is 0 Å². The fraction of sp³-hybridized carbons (Fsp3) is 0. The first-order chi connectivity index (χ1) is 19.9. The molecule has 0 aliphatic heterocycles. The molecule has 0 aliphatic rings. The van der Waals surface area contributed by atoms with E-state index >= 15 is 0 Å². The van der Waals surface area contributed by atoms with Gasteiger partial charge in [0.05, 0.1) is 0 Å². The van der Waals surface area contributed by atoms with E-state index in [9.17, 15) is 0 Å². The molecule has 0 bridgehead atoms. The number of hydrogen-bond acceptors (Lipinski definition) is 0. The van der Waals surface area contributed by atoms with Crippen molar-refractivity contribution in [2.45, 2.75) is 0 Å². The van der Waals surface area contributed by atoms with E-state index in [0.717, 1.165) is 0 Å². The molecule has 0 heterocycles. The molecule has 0 N–H and O–H groups in total. The lowest BCUT2D eigenvalue weighted by molar-refractivity contribution is 1.62. The van der Waals surface area contributed by atoms with Crippen LogP contribution < -0.4 is 0 Å². The van der Waals surface area contributed by atoms with Gasteiger partial charge in [0, 0.05) is 7.13 Å². The van der Waals surface area contributed by atoms with Gasteiger partial charge < -0.3 is 0 Å². The van der Waals surface area contributed by atoms with E-state index in [1.165, 1.54) is 76.8 Å². The molecule has 0 saturated carbocycles. The van der Waals surface area contributed by atoms with Crippen LogP contribution in [0.4, 0.5) is 0 Å². The molecule has 8 rings (SSSR count). The van der Waals surface area contributed by atoms with E-state index in [1.807, 2.05) is 0 Å². The van der Waals surface area contributed by atoms with Crippen molar-refractivity contribution in [1.82, 2.24) is 0 Å². The van der Waals surface area contributed by atoms with Crippen LogP contribution in [0.2, 0.25) is 0 Å². The highest BCUT2D eigenvalue weighted by molar-refractivity contribution is 6.31. The Kier molecular flexibility index (Phi) is 5.24. The van der Waals surface area contributed by atoms with Gasteiger partial charge in [0.2, 0.25) is 0 Å². The van der Waals surface area contributed by atoms with Gasteiger partial charge in [0.1, 0.15) is 0 Å². The standard InChI is InChI=1S/C40H26.5H2/c1-5-13-27(14-6-1)35-25-36(28-15-7-2-8-16-28)32-23-24-34-38(30-19-11-4-12-20-30)26-37(29-17-9-3-10-18-29)33-22-21-31(35)39(32)40(33)34;;;;;/h1-26H;5*1H. The summed E-state index contributed by atoms with van der Waals surface area (Å²) < 4.78 is 0. The molecule has 0 fully saturated rings. The molecule has 0 saturated heterocycles. The average Bonchev–Trinajstić information content (AvgIpc) is 3.04. The molecule has 0 radical (unpaired) electrons. The Bertz CT molecular complexity index is 1830. The quantitative estimate of drug-likeness (QED) is 0.204. The van der Waals surface area contributed by atoms with E-state index in [4.69, 9.17) is 0 Å². The van der Waals surface area contributed by atoms with Gasteiger partial charge in [0.25, 0.3) is 0 Å². The molecule has 0 amide bonds. The van der Waals surface area contributed by atoms with Gasteiger partial charge in [-0.1, -0.05) is 146 Å². The summed E-state index contributed by atoms with van der Waals surface area (Å²) in [6, 6.07) is 57.4. The summed E-state index contributed by atoms with van der Waals surface area (Å²) in [6.45, 7) is 0. The Labute approximate surface area is 241 Å². The monoisotopic (exact) mass is 516 g/mol. The summed E-state index contributed by atoms with van der Waals surface area (Å²) in [5, 5.41) is 7.85. The highest BCUT2D eigenvalue weighted by Gasteiger charge is 2.20. The maximum absolute atomic E-state index is 2.39. The van der Waals surface area contributed by atoms with Crippen molar-refractivity contribution in [3.05, 3.63) is 158 Å². The number of benzene rings is 8. The normalized spacial score (nSPS) is 11.5. The summed E-state index contributed by atoms with van der Waals surface area (Å²) in [4.78, 5) is 0. The molecule has 196 valence electrons. The fourth-order valence-corrected chi connectivity index (χ4v) is 6.42. The number of rotatable bonds is 4. The molecule has 8 aromatic rings. The third-order valence-corrected chi connectivity index (χ3v) is 8.24. The summed E-state index contributed by atoms with van der Waals surface area (Å²) in [5.74, 6) is 0. The molecule has 0 aliphatic carbocycles. The highest BCUT2D eigenvalue weighted by Crippen LogP contribution is 2.48. The Morgan fingerprint density at radius 2 is 0.475 bits per heavy atom. The van der Waals surface area contributed by atoms with Gasteiger partial charge in [-0.25, -0.2) is 0 Å². The van der Waals surface area contributed by atoms with Crippen molar-refractivity contribution in [1.29, 1.82) is 0 Å². The minimum Gasteiger partial charge on any atom is -0.0622 e. The van der Waals surface area contributed by atoms with Crippen molar-refractivity contribution in [3.63, 3.8) is 0 Å². The molecular weight excluding hydrogens is 480 g/mol. The Morgan fingerprint density at radius 1 is 0.250 bits per heavy atom. The molecule has 0 aromatic heterocycles. The van der Waals surface area contributed by atoms with Crippen molar-refractivity contribution >= 4 is 32.3 Å². The van der Waals surface area contributed by atoms with E-state index < -0.39 is 0 Å². The van der Waals surface area contributed by atoms with Crippen LogP contribution >= 0.6 is 0 Å². The molecule has 0 nitrogen and oxygen atoms in total. The van der Waals surface area contributed by atoms with Crippen LogP contribution in [0.15, 0.2) is 158 Å². The predicted molar refractivity (Wildman–Crippen MR) is 182 cm³/mol. The van der Waals surface area contributed by atoms with E-state index in [-0.39, 0.29) is 7.13 Å². The van der Waals surface area contributed by atoms with Crippen LogP contribution in [-0.2, 0) is 0 Å². The molecule has 0 heteroatoms. The smallest absolute Gasteiger partial charge is 0 e. The zero-order valence-corrected chi connectivity index (χ0v) is 22.0. The van der Waals surface area contributed by atoms with Crippen molar-refractivity contribution in [3.8, 4) is 44.5 Å². The van der Waals surface area contributed by atoms with Crippen LogP contribution in [0.25, 0.3) is 76.8 Å². The van der Waals surface area contributed by atoms with Gasteiger partial charge in [-0.3, -0.25) is 0 Å². The molecule has 0 atom stereocenters. The second-order valence-corrected chi connectivity index (χ2v) is 10.5.